The molecule has 0 fully saturated rings. The van der Waals surface area contributed by atoms with Crippen LogP contribution in [0.4, 0.5) is 10.1 Å². The molecular weight excluding hydrogens is 361 g/mol. The number of halogens is 1. The third kappa shape index (κ3) is 5.90. The molecule has 2 N–H and O–H groups in total. The lowest BCUT2D eigenvalue weighted by atomic mass is 9.97. The number of hydrogen-bond donors (Lipinski definition) is 2. The molecule has 0 aliphatic heterocycles. The second-order valence-corrected chi connectivity index (χ2v) is 6.63. The van der Waals surface area contributed by atoms with E-state index in [1.54, 1.807) is 7.11 Å². The van der Waals surface area contributed by atoms with Gasteiger partial charge in [-0.3, -0.25) is 9.59 Å². The summed E-state index contributed by atoms with van der Waals surface area (Å²) in [5.74, 6) is -0.383. The molecule has 0 bridgehead atoms. The van der Waals surface area contributed by atoms with Crippen molar-refractivity contribution < 1.29 is 18.7 Å². The minimum atomic E-state index is -0.550. The van der Waals surface area contributed by atoms with Crippen LogP contribution in [0.2, 0.25) is 0 Å². The highest BCUT2D eigenvalue weighted by atomic mass is 19.1. The van der Waals surface area contributed by atoms with Crippen molar-refractivity contribution in [3.8, 4) is 5.75 Å². The van der Waals surface area contributed by atoms with E-state index in [0.717, 1.165) is 22.4 Å². The van der Waals surface area contributed by atoms with Gasteiger partial charge in [-0.2, -0.15) is 5.10 Å². The van der Waals surface area contributed by atoms with E-state index in [-0.39, 0.29) is 5.92 Å². The van der Waals surface area contributed by atoms with Crippen LogP contribution in [0.15, 0.2) is 41.5 Å². The third-order valence-corrected chi connectivity index (χ3v) is 4.08. The number of nitrogens with one attached hydrogen (secondary N) is 2. The van der Waals surface area contributed by atoms with E-state index in [1.165, 1.54) is 30.5 Å². The van der Waals surface area contributed by atoms with Crippen molar-refractivity contribution in [2.75, 3.05) is 12.4 Å². The van der Waals surface area contributed by atoms with Crippen molar-refractivity contribution in [2.45, 2.75) is 33.1 Å². The lowest BCUT2D eigenvalue weighted by Crippen LogP contribution is -2.24. The van der Waals surface area contributed by atoms with Gasteiger partial charge in [0.1, 0.15) is 18.0 Å². The lowest BCUT2D eigenvalue weighted by molar-refractivity contribution is -0.126. The minimum absolute atomic E-state index is 0.271. The third-order valence-electron chi connectivity index (χ3n) is 4.08. The van der Waals surface area contributed by atoms with Crippen LogP contribution in [0.3, 0.4) is 0 Å². The zero-order valence-electron chi connectivity index (χ0n) is 16.4. The zero-order valence-corrected chi connectivity index (χ0v) is 16.4. The highest BCUT2D eigenvalue weighted by Crippen LogP contribution is 2.28. The van der Waals surface area contributed by atoms with Crippen molar-refractivity contribution in [3.05, 3.63) is 58.9 Å². The maximum absolute atomic E-state index is 12.9. The monoisotopic (exact) mass is 385 g/mol. The quantitative estimate of drug-likeness (QED) is 0.433. The second kappa shape index (κ2) is 9.64. The van der Waals surface area contributed by atoms with Gasteiger partial charge in [0.05, 0.1) is 13.3 Å². The number of benzene rings is 2. The van der Waals surface area contributed by atoms with E-state index < -0.39 is 24.1 Å². The molecule has 0 atom stereocenters. The van der Waals surface area contributed by atoms with Crippen LogP contribution in [0.1, 0.15) is 42.9 Å². The Bertz CT molecular complexity index is 877. The van der Waals surface area contributed by atoms with E-state index in [0.29, 0.717) is 5.69 Å². The first-order chi connectivity index (χ1) is 13.3. The Morgan fingerprint density at radius 2 is 1.86 bits per heavy atom. The van der Waals surface area contributed by atoms with Gasteiger partial charge < -0.3 is 10.1 Å². The average molecular weight is 385 g/mol. The fourth-order valence-electron chi connectivity index (χ4n) is 2.58. The van der Waals surface area contributed by atoms with Gasteiger partial charge in [-0.25, -0.2) is 9.82 Å². The first kappa shape index (κ1) is 21.1. The molecule has 148 valence electrons. The molecule has 0 aliphatic carbocycles. The number of anilines is 1. The van der Waals surface area contributed by atoms with Crippen LogP contribution in [-0.2, 0) is 9.59 Å². The molecular formula is C21H24FN3O3. The molecule has 0 saturated carbocycles. The van der Waals surface area contributed by atoms with Gasteiger partial charge in [-0.15, -0.1) is 0 Å². The van der Waals surface area contributed by atoms with Crippen molar-refractivity contribution in [1.29, 1.82) is 0 Å². The van der Waals surface area contributed by atoms with Crippen molar-refractivity contribution >= 4 is 23.7 Å². The van der Waals surface area contributed by atoms with Crippen molar-refractivity contribution in [3.63, 3.8) is 0 Å². The minimum Gasteiger partial charge on any atom is -0.496 e. The molecule has 2 aromatic carbocycles. The summed E-state index contributed by atoms with van der Waals surface area (Å²) in [6.45, 7) is 6.05. The topological polar surface area (TPSA) is 79.8 Å². The van der Waals surface area contributed by atoms with Gasteiger partial charge in [0.2, 0.25) is 11.8 Å². The zero-order chi connectivity index (χ0) is 20.7. The molecule has 0 aliphatic rings. The standard InChI is InChI=1S/C21H24FN3O3/c1-13(2)18-10-15(14(3)9-19(18)28-4)12-23-25-21(27)11-20(26)24-17-7-5-16(22)6-8-17/h5-10,12-13H,11H2,1-4H3,(H,24,26)(H,25,27). The molecule has 7 heteroatoms. The summed E-state index contributed by atoms with van der Waals surface area (Å²) >= 11 is 0. The number of rotatable bonds is 7. The van der Waals surface area contributed by atoms with Gasteiger partial charge in [-0.05, 0) is 65.9 Å². The van der Waals surface area contributed by atoms with Crippen LogP contribution < -0.4 is 15.5 Å². The lowest BCUT2D eigenvalue weighted by Gasteiger charge is -2.14. The van der Waals surface area contributed by atoms with Crippen LogP contribution in [0, 0.1) is 12.7 Å². The fourth-order valence-corrected chi connectivity index (χ4v) is 2.58. The molecule has 0 heterocycles. The second-order valence-electron chi connectivity index (χ2n) is 6.63. The number of aryl methyl sites for hydroxylation is 1. The van der Waals surface area contributed by atoms with E-state index >= 15 is 0 Å². The molecule has 28 heavy (non-hydrogen) atoms. The van der Waals surface area contributed by atoms with E-state index in [9.17, 15) is 14.0 Å². The fraction of sp³-hybridized carbons (Fsp3) is 0.286. The van der Waals surface area contributed by atoms with Crippen LogP contribution in [-0.4, -0.2) is 25.1 Å². The Morgan fingerprint density at radius 1 is 1.18 bits per heavy atom. The first-order valence-corrected chi connectivity index (χ1v) is 8.86. The Labute approximate surface area is 163 Å². The van der Waals surface area contributed by atoms with Gasteiger partial charge in [0, 0.05) is 5.69 Å². The molecule has 6 nitrogen and oxygen atoms in total. The van der Waals surface area contributed by atoms with Crippen molar-refractivity contribution in [1.82, 2.24) is 5.43 Å². The summed E-state index contributed by atoms with van der Waals surface area (Å²) in [5, 5.41) is 6.45. The summed E-state index contributed by atoms with van der Waals surface area (Å²) in [6, 6.07) is 9.18. The maximum atomic E-state index is 12.9. The largest absolute Gasteiger partial charge is 0.496 e. The highest BCUT2D eigenvalue weighted by Gasteiger charge is 2.11. The predicted molar refractivity (Wildman–Crippen MR) is 107 cm³/mol. The number of carbonyl (C=O) groups excluding carboxylic acids is 2. The molecule has 2 aromatic rings. The first-order valence-electron chi connectivity index (χ1n) is 8.86. The number of carbonyl (C=O) groups is 2. The number of methoxy groups -OCH3 is 1. The number of hydrazone groups is 1. The number of ether oxygens (including phenoxy) is 1. The molecule has 0 spiro atoms. The summed E-state index contributed by atoms with van der Waals surface area (Å²) < 4.78 is 18.3. The van der Waals surface area contributed by atoms with Crippen LogP contribution in [0.5, 0.6) is 5.75 Å². The molecule has 0 radical (unpaired) electrons. The molecule has 0 saturated heterocycles. The Kier molecular flexibility index (Phi) is 7.26. The molecule has 0 unspecified atom stereocenters. The Balaban J connectivity index is 1.94. The van der Waals surface area contributed by atoms with Gasteiger partial charge in [-0.1, -0.05) is 13.8 Å². The van der Waals surface area contributed by atoms with Crippen molar-refractivity contribution in [2.24, 2.45) is 5.10 Å². The Morgan fingerprint density at radius 3 is 2.46 bits per heavy atom. The molecule has 2 rings (SSSR count). The summed E-state index contributed by atoms with van der Waals surface area (Å²) in [4.78, 5) is 23.7. The van der Waals surface area contributed by atoms with Gasteiger partial charge in [0.15, 0.2) is 0 Å². The van der Waals surface area contributed by atoms with Gasteiger partial charge in [0.25, 0.3) is 0 Å². The Hall–Kier alpha value is -3.22. The number of amides is 2. The smallest absolute Gasteiger partial charge is 0.249 e. The molecule has 0 aromatic heterocycles. The van der Waals surface area contributed by atoms with E-state index in [2.05, 4.69) is 29.7 Å². The maximum Gasteiger partial charge on any atom is 0.249 e. The molecule has 2 amide bonds. The number of hydrogen-bond acceptors (Lipinski definition) is 4. The van der Waals surface area contributed by atoms with Gasteiger partial charge >= 0.3 is 0 Å². The number of nitrogens with zero attached hydrogens (tertiary/aromatic N) is 1. The van der Waals surface area contributed by atoms with E-state index in [1.807, 2.05) is 19.1 Å². The van der Waals surface area contributed by atoms with Crippen LogP contribution in [0.25, 0.3) is 0 Å². The van der Waals surface area contributed by atoms with E-state index in [4.69, 9.17) is 4.74 Å². The normalized spacial score (nSPS) is 10.9. The summed E-state index contributed by atoms with van der Waals surface area (Å²) in [5.41, 5.74) is 5.60. The SMILES string of the molecule is COc1cc(C)c(C=NNC(=O)CC(=O)Nc2ccc(F)cc2)cc1C(C)C. The average Bonchev–Trinajstić information content (AvgIpc) is 2.64. The summed E-state index contributed by atoms with van der Waals surface area (Å²) in [7, 11) is 1.63. The summed E-state index contributed by atoms with van der Waals surface area (Å²) in [6.07, 6.45) is 1.14. The predicted octanol–water partition coefficient (Wildman–Crippen LogP) is 3.75. The highest BCUT2D eigenvalue weighted by molar-refractivity contribution is 6.03. The van der Waals surface area contributed by atoms with Crippen LogP contribution >= 0.6 is 0 Å².